The molecule has 0 aliphatic carbocycles. The van der Waals surface area contributed by atoms with Crippen LogP contribution < -0.4 is 4.74 Å². The van der Waals surface area contributed by atoms with Crippen molar-refractivity contribution in [3.63, 3.8) is 0 Å². The number of esters is 1. The molecule has 0 saturated carbocycles. The third-order valence-corrected chi connectivity index (χ3v) is 4.19. The molecule has 128 valence electrons. The number of nitrogens with zero attached hydrogens (tertiary/aromatic N) is 1. The average Bonchev–Trinajstić information content (AvgIpc) is 3.31. The van der Waals surface area contributed by atoms with Gasteiger partial charge in [-0.05, 0) is 30.5 Å². The Kier molecular flexibility index (Phi) is 5.64. The minimum atomic E-state index is -0.452. The molecule has 0 aliphatic rings. The number of carbonyl (C=O) groups excluding carboxylic acids is 1. The van der Waals surface area contributed by atoms with Crippen LogP contribution in [0.5, 0.6) is 5.75 Å². The van der Waals surface area contributed by atoms with Crippen LogP contribution in [0, 0.1) is 0 Å². The predicted molar refractivity (Wildman–Crippen MR) is 96.3 cm³/mol. The van der Waals surface area contributed by atoms with Crippen molar-refractivity contribution in [2.75, 3.05) is 6.61 Å². The zero-order valence-corrected chi connectivity index (χ0v) is 14.5. The maximum Gasteiger partial charge on any atom is 0.331 e. The van der Waals surface area contributed by atoms with Crippen molar-refractivity contribution in [3.05, 3.63) is 65.2 Å². The summed E-state index contributed by atoms with van der Waals surface area (Å²) >= 11 is 1.56. The van der Waals surface area contributed by atoms with Gasteiger partial charge in [-0.3, -0.25) is 0 Å². The lowest BCUT2D eigenvalue weighted by Crippen LogP contribution is -2.01. The summed E-state index contributed by atoms with van der Waals surface area (Å²) in [6, 6.07) is 13.2. The average molecular weight is 355 g/mol. The Morgan fingerprint density at radius 2 is 2.16 bits per heavy atom. The van der Waals surface area contributed by atoms with Gasteiger partial charge in [-0.25, -0.2) is 4.79 Å². The Morgan fingerprint density at radius 3 is 2.96 bits per heavy atom. The molecule has 0 saturated heterocycles. The number of hydrogen-bond donors (Lipinski definition) is 0. The Labute approximate surface area is 149 Å². The Bertz CT molecular complexity index is 852. The third-order valence-electron chi connectivity index (χ3n) is 3.30. The molecule has 2 heterocycles. The van der Waals surface area contributed by atoms with Crippen molar-refractivity contribution in [1.29, 1.82) is 0 Å². The Balaban J connectivity index is 1.56. The summed E-state index contributed by atoms with van der Waals surface area (Å²) in [6.45, 7) is 2.54. The second-order valence-corrected chi connectivity index (χ2v) is 6.02. The highest BCUT2D eigenvalue weighted by Crippen LogP contribution is 2.25. The van der Waals surface area contributed by atoms with E-state index in [4.69, 9.17) is 14.0 Å². The largest absolute Gasteiger partial charge is 0.493 e. The van der Waals surface area contributed by atoms with Crippen molar-refractivity contribution < 1.29 is 18.8 Å². The molecule has 3 rings (SSSR count). The van der Waals surface area contributed by atoms with Crippen LogP contribution >= 0.6 is 11.3 Å². The number of aromatic nitrogens is 1. The molecule has 2 aromatic heterocycles. The highest BCUT2D eigenvalue weighted by molar-refractivity contribution is 7.13. The molecule has 0 radical (unpaired) electrons. The van der Waals surface area contributed by atoms with Gasteiger partial charge in [-0.2, -0.15) is 0 Å². The maximum absolute atomic E-state index is 11.9. The fourth-order valence-electron chi connectivity index (χ4n) is 2.17. The number of thiophene rings is 1. The van der Waals surface area contributed by atoms with Crippen LogP contribution in [0.3, 0.4) is 0 Å². The van der Waals surface area contributed by atoms with Gasteiger partial charge in [0.15, 0.2) is 5.76 Å². The zero-order chi connectivity index (χ0) is 17.5. The first-order valence-corrected chi connectivity index (χ1v) is 8.70. The van der Waals surface area contributed by atoms with Crippen LogP contribution in [-0.2, 0) is 16.1 Å². The first-order chi connectivity index (χ1) is 12.3. The molecule has 0 aliphatic heterocycles. The summed E-state index contributed by atoms with van der Waals surface area (Å²) in [7, 11) is 0. The zero-order valence-electron chi connectivity index (χ0n) is 13.7. The summed E-state index contributed by atoms with van der Waals surface area (Å²) in [4.78, 5) is 12.9. The standard InChI is InChI=1S/C19H17NO4S/c1-2-22-16-7-4-3-6-14(16)9-10-19(21)23-13-15-12-17(24-20-15)18-8-5-11-25-18/h3-12H,2,13H2,1H3/b10-9+. The third kappa shape index (κ3) is 4.58. The van der Waals surface area contributed by atoms with Crippen LogP contribution in [-0.4, -0.2) is 17.7 Å². The van der Waals surface area contributed by atoms with E-state index in [9.17, 15) is 4.79 Å². The molecule has 25 heavy (non-hydrogen) atoms. The molecule has 1 aromatic carbocycles. The van der Waals surface area contributed by atoms with E-state index in [1.165, 1.54) is 6.08 Å². The van der Waals surface area contributed by atoms with Crippen LogP contribution in [0.15, 0.2) is 58.4 Å². The van der Waals surface area contributed by atoms with Crippen molar-refractivity contribution in [2.45, 2.75) is 13.5 Å². The van der Waals surface area contributed by atoms with Gasteiger partial charge in [0, 0.05) is 17.7 Å². The molecular formula is C19H17NO4S. The number of benzene rings is 1. The van der Waals surface area contributed by atoms with Crippen molar-refractivity contribution in [1.82, 2.24) is 5.16 Å². The predicted octanol–water partition coefficient (Wildman–Crippen LogP) is 4.56. The second kappa shape index (κ2) is 8.30. The number of hydrogen-bond acceptors (Lipinski definition) is 6. The van der Waals surface area contributed by atoms with Gasteiger partial charge in [0.2, 0.25) is 0 Å². The minimum absolute atomic E-state index is 0.0607. The lowest BCUT2D eigenvalue weighted by Gasteiger charge is -2.06. The number of ether oxygens (including phenoxy) is 2. The van der Waals surface area contributed by atoms with Crippen molar-refractivity contribution >= 4 is 23.4 Å². The first-order valence-electron chi connectivity index (χ1n) is 7.82. The molecule has 0 spiro atoms. The van der Waals surface area contributed by atoms with E-state index in [1.54, 1.807) is 23.5 Å². The fourth-order valence-corrected chi connectivity index (χ4v) is 2.84. The van der Waals surface area contributed by atoms with E-state index in [1.807, 2.05) is 48.7 Å². The topological polar surface area (TPSA) is 61.6 Å². The molecule has 3 aromatic rings. The molecule has 0 unspecified atom stereocenters. The highest BCUT2D eigenvalue weighted by Gasteiger charge is 2.09. The lowest BCUT2D eigenvalue weighted by atomic mass is 10.2. The summed E-state index contributed by atoms with van der Waals surface area (Å²) in [5.41, 5.74) is 1.39. The Morgan fingerprint density at radius 1 is 1.28 bits per heavy atom. The molecular weight excluding hydrogens is 338 g/mol. The van der Waals surface area contributed by atoms with E-state index in [0.717, 1.165) is 16.2 Å². The second-order valence-electron chi connectivity index (χ2n) is 5.07. The van der Waals surface area contributed by atoms with Gasteiger partial charge in [0.05, 0.1) is 11.5 Å². The molecule has 0 amide bonds. The molecule has 0 bridgehead atoms. The van der Waals surface area contributed by atoms with Gasteiger partial charge in [-0.1, -0.05) is 29.4 Å². The van der Waals surface area contributed by atoms with Crippen LogP contribution in [0.2, 0.25) is 0 Å². The molecule has 6 heteroatoms. The maximum atomic E-state index is 11.9. The van der Waals surface area contributed by atoms with E-state index in [2.05, 4.69) is 5.16 Å². The minimum Gasteiger partial charge on any atom is -0.493 e. The van der Waals surface area contributed by atoms with Crippen LogP contribution in [0.4, 0.5) is 0 Å². The van der Waals surface area contributed by atoms with Crippen LogP contribution in [0.25, 0.3) is 16.7 Å². The number of carbonyl (C=O) groups is 1. The van der Waals surface area contributed by atoms with Crippen molar-refractivity contribution in [3.8, 4) is 16.4 Å². The summed E-state index contributed by atoms with van der Waals surface area (Å²) in [5, 5.41) is 5.87. The first kappa shape index (κ1) is 17.0. The normalized spacial score (nSPS) is 10.9. The van der Waals surface area contributed by atoms with Gasteiger partial charge < -0.3 is 14.0 Å². The fraction of sp³-hybridized carbons (Fsp3) is 0.158. The van der Waals surface area contributed by atoms with E-state index in [0.29, 0.717) is 18.1 Å². The Hall–Kier alpha value is -2.86. The van der Waals surface area contributed by atoms with Gasteiger partial charge in [-0.15, -0.1) is 11.3 Å². The number of para-hydroxylation sites is 1. The molecule has 5 nitrogen and oxygen atoms in total. The smallest absolute Gasteiger partial charge is 0.331 e. The lowest BCUT2D eigenvalue weighted by molar-refractivity contribution is -0.139. The van der Waals surface area contributed by atoms with Crippen LogP contribution in [0.1, 0.15) is 18.2 Å². The highest BCUT2D eigenvalue weighted by atomic mass is 32.1. The van der Waals surface area contributed by atoms with Gasteiger partial charge in [0.1, 0.15) is 18.1 Å². The number of rotatable bonds is 7. The monoisotopic (exact) mass is 355 g/mol. The summed E-state index contributed by atoms with van der Waals surface area (Å²) < 4.78 is 16.0. The summed E-state index contributed by atoms with van der Waals surface area (Å²) in [6.07, 6.45) is 3.05. The van der Waals surface area contributed by atoms with E-state index < -0.39 is 5.97 Å². The summed E-state index contributed by atoms with van der Waals surface area (Å²) in [5.74, 6) is 0.945. The molecule has 0 atom stereocenters. The quantitative estimate of drug-likeness (QED) is 0.459. The molecule has 0 N–H and O–H groups in total. The molecule has 0 fully saturated rings. The van der Waals surface area contributed by atoms with Crippen molar-refractivity contribution in [2.24, 2.45) is 0 Å². The SMILES string of the molecule is CCOc1ccccc1/C=C/C(=O)OCc1cc(-c2cccs2)on1. The van der Waals surface area contributed by atoms with Gasteiger partial charge >= 0.3 is 5.97 Å². The van der Waals surface area contributed by atoms with E-state index >= 15 is 0 Å². The van der Waals surface area contributed by atoms with E-state index in [-0.39, 0.29) is 6.61 Å². The van der Waals surface area contributed by atoms with Gasteiger partial charge in [0.25, 0.3) is 0 Å².